The Kier molecular flexibility index (Phi) is 4.70. The summed E-state index contributed by atoms with van der Waals surface area (Å²) in [5, 5.41) is 17.9. The van der Waals surface area contributed by atoms with E-state index in [1.54, 1.807) is 0 Å². The molecule has 1 N–H and O–H groups in total. The van der Waals surface area contributed by atoms with Gasteiger partial charge in [-0.2, -0.15) is 0 Å². The van der Waals surface area contributed by atoms with Crippen LogP contribution in [0.2, 0.25) is 0 Å². The van der Waals surface area contributed by atoms with E-state index in [2.05, 4.69) is 31.0 Å². The summed E-state index contributed by atoms with van der Waals surface area (Å²) in [6, 6.07) is 0. The van der Waals surface area contributed by atoms with Crippen molar-refractivity contribution in [1.82, 2.24) is 14.8 Å². The van der Waals surface area contributed by atoms with Crippen LogP contribution in [0.1, 0.15) is 52.0 Å². The van der Waals surface area contributed by atoms with Crippen LogP contribution in [0.15, 0.2) is 5.16 Å². The number of ether oxygens (including phenoxy) is 1. The van der Waals surface area contributed by atoms with E-state index in [0.29, 0.717) is 5.16 Å². The normalized spacial score (nSPS) is 20.1. The van der Waals surface area contributed by atoms with Gasteiger partial charge in [0, 0.05) is 12.1 Å². The fourth-order valence-electron chi connectivity index (χ4n) is 2.28. The van der Waals surface area contributed by atoms with Crippen LogP contribution in [0.4, 0.5) is 0 Å². The summed E-state index contributed by atoms with van der Waals surface area (Å²) in [5.41, 5.74) is -0.208. The first-order valence-corrected chi connectivity index (χ1v) is 7.80. The van der Waals surface area contributed by atoms with Crippen molar-refractivity contribution in [1.29, 1.82) is 0 Å². The van der Waals surface area contributed by atoms with Crippen LogP contribution < -0.4 is 0 Å². The number of aromatic nitrogens is 3. The molecule has 1 aliphatic heterocycles. The maximum absolute atomic E-state index is 10.7. The second-order valence-electron chi connectivity index (χ2n) is 5.88. The van der Waals surface area contributed by atoms with Gasteiger partial charge >= 0.3 is 5.97 Å². The number of aliphatic carboxylic acids is 1. The van der Waals surface area contributed by atoms with Crippen LogP contribution in [0.3, 0.4) is 0 Å². The third-order valence-corrected chi connectivity index (χ3v) is 4.04. The van der Waals surface area contributed by atoms with Gasteiger partial charge in [-0.3, -0.25) is 9.36 Å². The van der Waals surface area contributed by atoms with Gasteiger partial charge < -0.3 is 9.84 Å². The molecule has 20 heavy (non-hydrogen) atoms. The Morgan fingerprint density at radius 1 is 1.45 bits per heavy atom. The largest absolute Gasteiger partial charge is 0.481 e. The third kappa shape index (κ3) is 3.52. The fraction of sp³-hybridized carbons (Fsp3) is 0.769. The lowest BCUT2D eigenvalue weighted by Crippen LogP contribution is -2.28. The molecule has 1 aromatic heterocycles. The van der Waals surface area contributed by atoms with Gasteiger partial charge in [0.15, 0.2) is 11.0 Å². The highest BCUT2D eigenvalue weighted by Gasteiger charge is 2.29. The lowest BCUT2D eigenvalue weighted by atomic mass is 10.1. The van der Waals surface area contributed by atoms with Crippen molar-refractivity contribution in [3.8, 4) is 0 Å². The summed E-state index contributed by atoms with van der Waals surface area (Å²) in [6.07, 6.45) is 3.12. The summed E-state index contributed by atoms with van der Waals surface area (Å²) in [6.45, 7) is 6.94. The predicted octanol–water partition coefficient (Wildman–Crippen LogP) is 2.45. The lowest BCUT2D eigenvalue weighted by Gasteiger charge is -2.29. The monoisotopic (exact) mass is 299 g/mol. The smallest absolute Gasteiger partial charge is 0.313 e. The van der Waals surface area contributed by atoms with E-state index >= 15 is 0 Å². The number of hydrogen-bond acceptors (Lipinski definition) is 5. The number of carbonyl (C=O) groups is 1. The van der Waals surface area contributed by atoms with Gasteiger partial charge in [0.05, 0.1) is 5.75 Å². The van der Waals surface area contributed by atoms with Crippen molar-refractivity contribution in [2.45, 2.75) is 56.8 Å². The Morgan fingerprint density at radius 3 is 2.75 bits per heavy atom. The number of nitrogens with zero attached hydrogens (tertiary/aromatic N) is 3. The average molecular weight is 299 g/mol. The molecule has 0 aromatic carbocycles. The molecule has 0 aliphatic carbocycles. The van der Waals surface area contributed by atoms with Crippen LogP contribution in [0, 0.1) is 0 Å². The Morgan fingerprint density at radius 2 is 2.20 bits per heavy atom. The van der Waals surface area contributed by atoms with Gasteiger partial charge in [0.25, 0.3) is 0 Å². The Balaban J connectivity index is 2.29. The highest BCUT2D eigenvalue weighted by molar-refractivity contribution is 7.99. The first-order valence-electron chi connectivity index (χ1n) is 6.81. The molecule has 0 spiro atoms. The molecule has 6 nitrogen and oxygen atoms in total. The molecule has 1 aliphatic rings. The minimum atomic E-state index is -0.853. The van der Waals surface area contributed by atoms with Crippen LogP contribution in [0.5, 0.6) is 0 Å². The van der Waals surface area contributed by atoms with Crippen molar-refractivity contribution in [3.05, 3.63) is 5.82 Å². The Labute approximate surface area is 122 Å². The van der Waals surface area contributed by atoms with Crippen molar-refractivity contribution < 1.29 is 14.6 Å². The molecule has 0 bridgehead atoms. The van der Waals surface area contributed by atoms with Crippen LogP contribution in [0.25, 0.3) is 0 Å². The molecule has 7 heteroatoms. The molecule has 1 atom stereocenters. The zero-order valence-electron chi connectivity index (χ0n) is 12.1. The maximum atomic E-state index is 10.7. The number of rotatable bonds is 4. The molecular formula is C13H21N3O3S. The second-order valence-corrected chi connectivity index (χ2v) is 6.83. The quantitative estimate of drug-likeness (QED) is 0.861. The molecule has 112 valence electrons. The molecule has 0 radical (unpaired) electrons. The lowest BCUT2D eigenvalue weighted by molar-refractivity contribution is -0.133. The highest BCUT2D eigenvalue weighted by Crippen LogP contribution is 2.33. The van der Waals surface area contributed by atoms with Crippen molar-refractivity contribution in [2.24, 2.45) is 0 Å². The molecular weight excluding hydrogens is 278 g/mol. The molecule has 0 amide bonds. The topological polar surface area (TPSA) is 77.2 Å². The minimum absolute atomic E-state index is 0.0141. The van der Waals surface area contributed by atoms with E-state index in [1.807, 2.05) is 4.57 Å². The molecule has 1 unspecified atom stereocenters. The van der Waals surface area contributed by atoms with Gasteiger partial charge in [0.1, 0.15) is 6.10 Å². The number of carboxylic acid groups (broad SMARTS) is 1. The summed E-state index contributed by atoms with van der Waals surface area (Å²) < 4.78 is 7.80. The minimum Gasteiger partial charge on any atom is -0.481 e. The molecule has 0 saturated carbocycles. The van der Waals surface area contributed by atoms with E-state index in [1.165, 1.54) is 11.8 Å². The number of thioether (sulfide) groups is 1. The number of hydrogen-bond donors (Lipinski definition) is 1. The summed E-state index contributed by atoms with van der Waals surface area (Å²) in [5.74, 6) is -0.0567. The molecule has 1 fully saturated rings. The van der Waals surface area contributed by atoms with Crippen LogP contribution >= 0.6 is 11.8 Å². The predicted molar refractivity (Wildman–Crippen MR) is 75.9 cm³/mol. The van der Waals surface area contributed by atoms with E-state index in [4.69, 9.17) is 9.84 Å². The zero-order valence-corrected chi connectivity index (χ0v) is 12.9. The van der Waals surface area contributed by atoms with E-state index in [9.17, 15) is 4.79 Å². The Bertz CT molecular complexity index is 476. The first-order chi connectivity index (χ1) is 9.39. The van der Waals surface area contributed by atoms with Crippen molar-refractivity contribution >= 4 is 17.7 Å². The van der Waals surface area contributed by atoms with E-state index in [-0.39, 0.29) is 17.4 Å². The summed E-state index contributed by atoms with van der Waals surface area (Å²) in [4.78, 5) is 10.7. The van der Waals surface area contributed by atoms with E-state index < -0.39 is 5.97 Å². The van der Waals surface area contributed by atoms with Gasteiger partial charge in [-0.25, -0.2) is 0 Å². The zero-order chi connectivity index (χ0) is 14.8. The number of carboxylic acids is 1. The molecule has 2 rings (SSSR count). The van der Waals surface area contributed by atoms with Gasteiger partial charge in [-0.15, -0.1) is 10.2 Å². The third-order valence-electron chi connectivity index (χ3n) is 3.12. The average Bonchev–Trinajstić information content (AvgIpc) is 2.81. The molecule has 2 heterocycles. The first kappa shape index (κ1) is 15.3. The highest BCUT2D eigenvalue weighted by atomic mass is 32.2. The van der Waals surface area contributed by atoms with Crippen molar-refractivity contribution in [2.75, 3.05) is 12.4 Å². The van der Waals surface area contributed by atoms with Crippen molar-refractivity contribution in [3.63, 3.8) is 0 Å². The van der Waals surface area contributed by atoms with Gasteiger partial charge in [-0.05, 0) is 40.0 Å². The maximum Gasteiger partial charge on any atom is 0.313 e. The van der Waals surface area contributed by atoms with Crippen LogP contribution in [-0.4, -0.2) is 38.2 Å². The summed E-state index contributed by atoms with van der Waals surface area (Å²) >= 11 is 1.20. The fourth-order valence-corrected chi connectivity index (χ4v) is 3.13. The van der Waals surface area contributed by atoms with E-state index in [0.717, 1.165) is 31.7 Å². The summed E-state index contributed by atoms with van der Waals surface area (Å²) in [7, 11) is 0. The molecule has 1 saturated heterocycles. The second kappa shape index (κ2) is 6.13. The standard InChI is InChI=1S/C13H21N3O3S/c1-13(2,3)16-11(9-6-4-5-7-19-9)14-15-12(16)20-8-10(17)18/h9H,4-8H2,1-3H3,(H,17,18). The van der Waals surface area contributed by atoms with Gasteiger partial charge in [0.2, 0.25) is 0 Å². The van der Waals surface area contributed by atoms with Gasteiger partial charge in [-0.1, -0.05) is 11.8 Å². The SMILES string of the molecule is CC(C)(C)n1c(SCC(=O)O)nnc1C1CCCCO1. The Hall–Kier alpha value is -1.08. The molecule has 1 aromatic rings. The van der Waals surface area contributed by atoms with Crippen LogP contribution in [-0.2, 0) is 15.1 Å².